The lowest BCUT2D eigenvalue weighted by Crippen LogP contribution is -2.45. The maximum absolute atomic E-state index is 12.7. The molecule has 40 heavy (non-hydrogen) atoms. The molecule has 0 saturated heterocycles. The number of allylic oxidation sites excluding steroid dienone is 1. The van der Waals surface area contributed by atoms with E-state index in [1.54, 1.807) is 38.3 Å². The second-order valence-corrected chi connectivity index (χ2v) is 9.68. The summed E-state index contributed by atoms with van der Waals surface area (Å²) < 4.78 is 17.1. The molecule has 0 spiro atoms. The van der Waals surface area contributed by atoms with Crippen LogP contribution >= 0.6 is 12.2 Å². The Kier molecular flexibility index (Phi) is 9.34. The minimum absolute atomic E-state index is 0.0249. The molecule has 1 aliphatic heterocycles. The zero-order valence-corrected chi connectivity index (χ0v) is 23.6. The van der Waals surface area contributed by atoms with Gasteiger partial charge in [0.05, 0.1) is 30.5 Å². The maximum Gasteiger partial charge on any atom is 0.338 e. The van der Waals surface area contributed by atoms with Gasteiger partial charge in [0.25, 0.3) is 5.91 Å². The van der Waals surface area contributed by atoms with E-state index in [1.807, 2.05) is 56.3 Å². The predicted molar refractivity (Wildman–Crippen MR) is 158 cm³/mol. The third-order valence-electron chi connectivity index (χ3n) is 6.03. The van der Waals surface area contributed by atoms with Gasteiger partial charge in [0.1, 0.15) is 11.5 Å². The van der Waals surface area contributed by atoms with E-state index in [9.17, 15) is 9.59 Å². The number of hydrogen-bond acceptors (Lipinski definition) is 7. The normalized spacial score (nSPS) is 15.1. The van der Waals surface area contributed by atoms with Crippen LogP contribution in [0.4, 0.5) is 0 Å². The first-order chi connectivity index (χ1) is 19.3. The van der Waals surface area contributed by atoms with Crippen LogP contribution < -0.4 is 25.5 Å². The number of hydrazone groups is 1. The first-order valence-corrected chi connectivity index (χ1v) is 13.4. The van der Waals surface area contributed by atoms with Crippen LogP contribution in [0.25, 0.3) is 10.8 Å². The number of ether oxygens (including phenoxy) is 3. The van der Waals surface area contributed by atoms with Crippen molar-refractivity contribution in [2.24, 2.45) is 5.10 Å². The second-order valence-electron chi connectivity index (χ2n) is 9.28. The van der Waals surface area contributed by atoms with Gasteiger partial charge in [0.2, 0.25) is 0 Å². The van der Waals surface area contributed by atoms with Gasteiger partial charge in [-0.05, 0) is 62.8 Å². The number of fused-ring (bicyclic) bond motifs is 1. The van der Waals surface area contributed by atoms with E-state index in [-0.39, 0.29) is 19.3 Å². The number of para-hydroxylation sites is 1. The Balaban J connectivity index is 1.49. The van der Waals surface area contributed by atoms with Gasteiger partial charge in [-0.3, -0.25) is 4.79 Å². The minimum Gasteiger partial charge on any atom is -0.490 e. The Hall–Kier alpha value is -4.44. The fraction of sp³-hybridized carbons (Fsp3) is 0.267. The highest BCUT2D eigenvalue weighted by Crippen LogP contribution is 2.33. The van der Waals surface area contributed by atoms with Crippen LogP contribution in [0.1, 0.15) is 44.9 Å². The van der Waals surface area contributed by atoms with Crippen LogP contribution in [-0.4, -0.2) is 42.5 Å². The van der Waals surface area contributed by atoms with Crippen molar-refractivity contribution in [1.29, 1.82) is 0 Å². The Labute approximate surface area is 238 Å². The fourth-order valence-electron chi connectivity index (χ4n) is 4.37. The lowest BCUT2D eigenvalue weighted by atomic mass is 9.95. The van der Waals surface area contributed by atoms with Gasteiger partial charge in [0, 0.05) is 16.8 Å². The summed E-state index contributed by atoms with van der Waals surface area (Å²) in [7, 11) is 0. The molecule has 9 nitrogen and oxygen atoms in total. The van der Waals surface area contributed by atoms with Gasteiger partial charge in [-0.25, -0.2) is 10.2 Å². The van der Waals surface area contributed by atoms with Crippen molar-refractivity contribution in [3.63, 3.8) is 0 Å². The topological polar surface area (TPSA) is 110 Å². The van der Waals surface area contributed by atoms with E-state index in [1.165, 1.54) is 0 Å². The number of nitrogens with zero attached hydrogens (tertiary/aromatic N) is 1. The van der Waals surface area contributed by atoms with E-state index < -0.39 is 17.9 Å². The van der Waals surface area contributed by atoms with Crippen molar-refractivity contribution in [1.82, 2.24) is 16.1 Å². The molecule has 4 rings (SSSR count). The number of benzene rings is 3. The molecule has 208 valence electrons. The number of thiocarbonyl (C=S) groups is 1. The molecule has 1 atom stereocenters. The van der Waals surface area contributed by atoms with Crippen LogP contribution in [0.5, 0.6) is 11.5 Å². The van der Waals surface area contributed by atoms with E-state index in [2.05, 4.69) is 21.2 Å². The maximum atomic E-state index is 12.7. The van der Waals surface area contributed by atoms with Gasteiger partial charge in [-0.1, -0.05) is 48.5 Å². The van der Waals surface area contributed by atoms with Crippen molar-refractivity contribution in [2.75, 3.05) is 13.2 Å². The van der Waals surface area contributed by atoms with Crippen LogP contribution in [0.15, 0.2) is 77.0 Å². The average Bonchev–Trinajstić information content (AvgIpc) is 2.92. The molecular weight excluding hydrogens is 528 g/mol. The van der Waals surface area contributed by atoms with Crippen molar-refractivity contribution in [3.05, 3.63) is 83.1 Å². The highest BCUT2D eigenvalue weighted by molar-refractivity contribution is 7.80. The van der Waals surface area contributed by atoms with Gasteiger partial charge in [-0.2, -0.15) is 5.10 Å². The summed E-state index contributed by atoms with van der Waals surface area (Å²) >= 11 is 5.32. The van der Waals surface area contributed by atoms with Crippen molar-refractivity contribution in [2.45, 2.75) is 39.8 Å². The molecule has 0 aliphatic carbocycles. The first-order valence-electron chi connectivity index (χ1n) is 13.0. The standard InChI is InChI=1S/C30H32N4O5S/c1-5-37-29(36)27-19(4)32-30(40)33-28(27)22-12-8-9-13-24(22)38-17-26(35)34-31-16-23-21-11-7-6-10-20(21)14-15-25(23)39-18(2)3/h6-16,18,28H,5,17H2,1-4H3,(H,34,35)(H2,32,33,40)/t28-/m0/s1. The van der Waals surface area contributed by atoms with E-state index in [0.717, 1.165) is 16.3 Å². The summed E-state index contributed by atoms with van der Waals surface area (Å²) in [5, 5.41) is 12.6. The van der Waals surface area contributed by atoms with Crippen LogP contribution in [0, 0.1) is 0 Å². The Bertz CT molecular complexity index is 1480. The molecule has 0 unspecified atom stereocenters. The summed E-state index contributed by atoms with van der Waals surface area (Å²) in [6.07, 6.45) is 1.55. The van der Waals surface area contributed by atoms with E-state index in [4.69, 9.17) is 26.4 Å². The number of nitrogens with one attached hydrogen (secondary N) is 3. The molecule has 0 aromatic heterocycles. The first kappa shape index (κ1) is 28.6. The Morgan fingerprint density at radius 2 is 1.82 bits per heavy atom. The molecule has 1 amide bonds. The number of rotatable bonds is 10. The zero-order valence-electron chi connectivity index (χ0n) is 22.8. The Morgan fingerprint density at radius 1 is 1.07 bits per heavy atom. The molecule has 0 radical (unpaired) electrons. The molecule has 0 saturated carbocycles. The summed E-state index contributed by atoms with van der Waals surface area (Å²) in [5.74, 6) is 0.164. The third kappa shape index (κ3) is 6.76. The molecule has 3 aromatic carbocycles. The SMILES string of the molecule is CCOC(=O)C1=C(C)NC(=S)N[C@H]1c1ccccc1OCC(=O)NN=Cc1c(OC(C)C)ccc2ccccc12. The fourth-order valence-corrected chi connectivity index (χ4v) is 4.64. The molecule has 0 fully saturated rings. The van der Waals surface area contributed by atoms with Crippen LogP contribution in [0.2, 0.25) is 0 Å². The average molecular weight is 561 g/mol. The monoisotopic (exact) mass is 560 g/mol. The summed E-state index contributed by atoms with van der Waals surface area (Å²) in [6, 6.07) is 18.3. The van der Waals surface area contributed by atoms with Crippen LogP contribution in [-0.2, 0) is 14.3 Å². The second kappa shape index (κ2) is 13.1. The van der Waals surface area contributed by atoms with Crippen LogP contribution in [0.3, 0.4) is 0 Å². The molecule has 10 heteroatoms. The number of esters is 1. The number of carbonyl (C=O) groups excluding carboxylic acids is 2. The highest BCUT2D eigenvalue weighted by Gasteiger charge is 2.32. The smallest absolute Gasteiger partial charge is 0.338 e. The quantitative estimate of drug-likeness (QED) is 0.144. The van der Waals surface area contributed by atoms with Gasteiger partial charge < -0.3 is 24.8 Å². The minimum atomic E-state index is -0.615. The largest absolute Gasteiger partial charge is 0.490 e. The number of carbonyl (C=O) groups is 2. The zero-order chi connectivity index (χ0) is 28.6. The summed E-state index contributed by atoms with van der Waals surface area (Å²) in [4.78, 5) is 25.4. The number of amides is 1. The molecule has 0 bridgehead atoms. The van der Waals surface area contributed by atoms with Crippen molar-refractivity contribution >= 4 is 46.2 Å². The lowest BCUT2D eigenvalue weighted by molar-refractivity contribution is -0.139. The Morgan fingerprint density at radius 3 is 2.60 bits per heavy atom. The lowest BCUT2D eigenvalue weighted by Gasteiger charge is -2.30. The molecule has 3 N–H and O–H groups in total. The molecule has 1 heterocycles. The van der Waals surface area contributed by atoms with E-state index >= 15 is 0 Å². The van der Waals surface area contributed by atoms with E-state index in [0.29, 0.717) is 33.4 Å². The summed E-state index contributed by atoms with van der Waals surface area (Å²) in [6.45, 7) is 7.34. The highest BCUT2D eigenvalue weighted by atomic mass is 32.1. The predicted octanol–water partition coefficient (Wildman–Crippen LogP) is 4.51. The molecule has 1 aliphatic rings. The number of hydrogen-bond donors (Lipinski definition) is 3. The molecule has 3 aromatic rings. The van der Waals surface area contributed by atoms with Gasteiger partial charge >= 0.3 is 5.97 Å². The van der Waals surface area contributed by atoms with Crippen molar-refractivity contribution in [3.8, 4) is 11.5 Å². The third-order valence-corrected chi connectivity index (χ3v) is 6.25. The molecular formula is C30H32N4O5S. The van der Waals surface area contributed by atoms with Gasteiger partial charge in [0.15, 0.2) is 11.7 Å². The van der Waals surface area contributed by atoms with Gasteiger partial charge in [-0.15, -0.1) is 0 Å². The summed E-state index contributed by atoms with van der Waals surface area (Å²) in [5.41, 5.74) is 4.89. The van der Waals surface area contributed by atoms with Crippen molar-refractivity contribution < 1.29 is 23.8 Å².